The van der Waals surface area contributed by atoms with E-state index in [-0.39, 0.29) is 0 Å². The van der Waals surface area contributed by atoms with Crippen LogP contribution in [0.2, 0.25) is 19.0 Å². The molecule has 1 saturated carbocycles. The fourth-order valence-electron chi connectivity index (χ4n) is 4.67. The van der Waals surface area contributed by atoms with Crippen LogP contribution in [-0.4, -0.2) is 19.9 Å². The summed E-state index contributed by atoms with van der Waals surface area (Å²) in [5.41, 5.74) is 0. The first-order valence-electron chi connectivity index (χ1n) is 7.48. The molecule has 0 atom stereocenters. The summed E-state index contributed by atoms with van der Waals surface area (Å²) in [6.45, 7) is 3.18. The van der Waals surface area contributed by atoms with Crippen LogP contribution in [0.4, 0.5) is 0 Å². The van der Waals surface area contributed by atoms with Crippen molar-refractivity contribution in [3.63, 3.8) is 0 Å². The van der Waals surface area contributed by atoms with Crippen LogP contribution >= 0.6 is 0 Å². The van der Waals surface area contributed by atoms with Crippen molar-refractivity contribution in [2.45, 2.75) is 57.5 Å². The highest BCUT2D eigenvalue weighted by molar-refractivity contribution is 6.59. The van der Waals surface area contributed by atoms with Gasteiger partial charge in [0.25, 0.3) is 0 Å². The highest BCUT2D eigenvalue weighted by Gasteiger charge is 2.43. The first-order chi connectivity index (χ1) is 7.90. The SMILES string of the molecule is C1B2CC3CC1CC(C2)C3.C1CCOCC1. The predicted octanol–water partition coefficient (Wildman–Crippen LogP) is 3.73. The van der Waals surface area contributed by atoms with Crippen LogP contribution in [0.3, 0.4) is 0 Å². The lowest BCUT2D eigenvalue weighted by Crippen LogP contribution is -2.42. The highest BCUT2D eigenvalue weighted by atomic mass is 16.5. The summed E-state index contributed by atoms with van der Waals surface area (Å²) in [5.74, 6) is 3.53. The van der Waals surface area contributed by atoms with E-state index in [1.54, 1.807) is 38.2 Å². The lowest BCUT2D eigenvalue weighted by Gasteiger charge is -2.48. The zero-order valence-corrected chi connectivity index (χ0v) is 10.5. The second kappa shape index (κ2) is 5.12. The quantitative estimate of drug-likeness (QED) is 0.565. The van der Waals surface area contributed by atoms with Crippen LogP contribution in [0, 0.1) is 17.8 Å². The van der Waals surface area contributed by atoms with Crippen molar-refractivity contribution in [1.82, 2.24) is 0 Å². The van der Waals surface area contributed by atoms with Gasteiger partial charge >= 0.3 is 0 Å². The van der Waals surface area contributed by atoms with Crippen molar-refractivity contribution in [2.75, 3.05) is 13.2 Å². The number of ether oxygens (including phenoxy) is 1. The third kappa shape index (κ3) is 2.64. The molecule has 16 heavy (non-hydrogen) atoms. The second-order valence-electron chi connectivity index (χ2n) is 6.55. The highest BCUT2D eigenvalue weighted by Crippen LogP contribution is 2.51. The third-order valence-corrected chi connectivity index (χ3v) is 5.08. The van der Waals surface area contributed by atoms with Crippen molar-refractivity contribution in [1.29, 1.82) is 0 Å². The molecule has 4 bridgehead atoms. The molecule has 2 heteroatoms. The van der Waals surface area contributed by atoms with Gasteiger partial charge in [0, 0.05) is 13.2 Å². The van der Waals surface area contributed by atoms with Gasteiger partial charge in [-0.05, 0) is 56.3 Å². The molecule has 1 nitrogen and oxygen atoms in total. The fourth-order valence-corrected chi connectivity index (χ4v) is 4.67. The largest absolute Gasteiger partial charge is 0.381 e. The zero-order valence-electron chi connectivity index (χ0n) is 10.5. The van der Waals surface area contributed by atoms with E-state index in [1.807, 2.05) is 0 Å². The minimum Gasteiger partial charge on any atom is -0.381 e. The Bertz CT molecular complexity index is 157. The lowest BCUT2D eigenvalue weighted by atomic mass is 9.28. The van der Waals surface area contributed by atoms with E-state index in [9.17, 15) is 0 Å². The number of rotatable bonds is 0. The van der Waals surface area contributed by atoms with Gasteiger partial charge in [0.2, 0.25) is 0 Å². The van der Waals surface area contributed by atoms with Crippen LogP contribution in [0.25, 0.3) is 0 Å². The Morgan fingerprint density at radius 1 is 0.688 bits per heavy atom. The molecule has 0 amide bonds. The lowest BCUT2D eigenvalue weighted by molar-refractivity contribution is 0.0968. The molecular weight excluding hydrogens is 195 g/mol. The maximum absolute atomic E-state index is 5.07. The van der Waals surface area contributed by atoms with E-state index in [0.717, 1.165) is 13.2 Å². The van der Waals surface area contributed by atoms with E-state index in [4.69, 9.17) is 4.74 Å². The molecule has 1 aliphatic carbocycles. The average Bonchev–Trinajstić information content (AvgIpc) is 2.30. The summed E-state index contributed by atoms with van der Waals surface area (Å²) in [7, 11) is 0. The monoisotopic (exact) mass is 220 g/mol. The minimum absolute atomic E-state index is 1.00. The van der Waals surface area contributed by atoms with Crippen molar-refractivity contribution in [3.05, 3.63) is 0 Å². The minimum atomic E-state index is 1.00. The Morgan fingerprint density at radius 2 is 1.19 bits per heavy atom. The van der Waals surface area contributed by atoms with Crippen molar-refractivity contribution in [3.8, 4) is 0 Å². The molecule has 4 heterocycles. The van der Waals surface area contributed by atoms with Gasteiger partial charge in [0.15, 0.2) is 0 Å². The molecule has 0 radical (unpaired) electrons. The molecule has 5 fully saturated rings. The van der Waals surface area contributed by atoms with Crippen LogP contribution in [0.5, 0.6) is 0 Å². The Morgan fingerprint density at radius 3 is 1.44 bits per heavy atom. The van der Waals surface area contributed by atoms with Gasteiger partial charge in [-0.15, -0.1) is 0 Å². The van der Waals surface area contributed by atoms with Gasteiger partial charge in [-0.25, -0.2) is 0 Å². The molecule has 0 aromatic carbocycles. The summed E-state index contributed by atoms with van der Waals surface area (Å²) in [4.78, 5) is 0. The van der Waals surface area contributed by atoms with Crippen molar-refractivity contribution >= 4 is 6.71 Å². The average molecular weight is 220 g/mol. The summed E-state index contributed by atoms with van der Waals surface area (Å²) in [6, 6.07) is 0. The molecule has 5 rings (SSSR count). The molecule has 90 valence electrons. The third-order valence-electron chi connectivity index (χ3n) is 5.08. The molecule has 4 saturated heterocycles. The van der Waals surface area contributed by atoms with Gasteiger partial charge in [0.05, 0.1) is 0 Å². The van der Waals surface area contributed by atoms with Crippen molar-refractivity contribution in [2.24, 2.45) is 17.8 Å². The van der Waals surface area contributed by atoms with Gasteiger partial charge in [0.1, 0.15) is 6.71 Å². The maximum atomic E-state index is 5.07. The molecule has 0 unspecified atom stereocenters. The molecular formula is C14H25BO. The van der Waals surface area contributed by atoms with E-state index >= 15 is 0 Å². The summed E-state index contributed by atoms with van der Waals surface area (Å²) < 4.78 is 5.07. The molecule has 0 aromatic heterocycles. The van der Waals surface area contributed by atoms with Gasteiger partial charge in [-0.2, -0.15) is 0 Å². The Balaban J connectivity index is 0.000000117. The van der Waals surface area contributed by atoms with Crippen LogP contribution < -0.4 is 0 Å². The van der Waals surface area contributed by atoms with Gasteiger partial charge in [-0.1, -0.05) is 19.0 Å². The number of hydrogen-bond donors (Lipinski definition) is 0. The van der Waals surface area contributed by atoms with Crippen molar-refractivity contribution < 1.29 is 4.74 Å². The first-order valence-corrected chi connectivity index (χ1v) is 7.48. The van der Waals surface area contributed by atoms with Crippen LogP contribution in [0.1, 0.15) is 38.5 Å². The second-order valence-corrected chi connectivity index (χ2v) is 6.55. The van der Waals surface area contributed by atoms with Crippen LogP contribution in [-0.2, 0) is 4.74 Å². The van der Waals surface area contributed by atoms with Gasteiger partial charge in [-0.3, -0.25) is 0 Å². The smallest absolute Gasteiger partial charge is 0.140 e. The molecule has 4 aliphatic heterocycles. The maximum Gasteiger partial charge on any atom is 0.140 e. The molecule has 0 spiro atoms. The Kier molecular flexibility index (Phi) is 3.56. The Labute approximate surface area is 100 Å². The van der Waals surface area contributed by atoms with E-state index < -0.39 is 0 Å². The zero-order chi connectivity index (χ0) is 10.8. The number of hydrogen-bond acceptors (Lipinski definition) is 1. The Hall–Kier alpha value is 0.0249. The van der Waals surface area contributed by atoms with Gasteiger partial charge < -0.3 is 4.74 Å². The molecule has 0 N–H and O–H groups in total. The summed E-state index contributed by atoms with van der Waals surface area (Å²) in [5, 5.41) is 0. The topological polar surface area (TPSA) is 9.23 Å². The molecule has 0 aromatic rings. The normalized spacial score (nSPS) is 40.5. The fraction of sp³-hybridized carbons (Fsp3) is 1.00. The van der Waals surface area contributed by atoms with E-state index in [0.29, 0.717) is 0 Å². The van der Waals surface area contributed by atoms with Crippen LogP contribution in [0.15, 0.2) is 0 Å². The standard InChI is InChI=1S/C9H15B.C5H10O/c1-7-2-9-3-8(1)5-10(4-7)6-9;1-2-4-6-5-3-1/h7-9H,1-6H2;1-5H2. The summed E-state index contributed by atoms with van der Waals surface area (Å²) in [6.07, 6.45) is 13.6. The predicted molar refractivity (Wildman–Crippen MR) is 69.2 cm³/mol. The van der Waals surface area contributed by atoms with E-state index in [1.165, 1.54) is 43.7 Å². The van der Waals surface area contributed by atoms with E-state index in [2.05, 4.69) is 0 Å². The summed E-state index contributed by atoms with van der Waals surface area (Å²) >= 11 is 0. The first kappa shape index (κ1) is 11.1. The molecule has 5 aliphatic rings.